The van der Waals surface area contributed by atoms with Gasteiger partial charge in [-0.3, -0.25) is 9.36 Å². The number of rotatable bonds is 6. The predicted octanol–water partition coefficient (Wildman–Crippen LogP) is 0.534. The molecule has 9 nitrogen and oxygen atoms in total. The smallest absolute Gasteiger partial charge is 0.354 e. The molecule has 0 radical (unpaired) electrons. The first-order chi connectivity index (χ1) is 16.4. The van der Waals surface area contributed by atoms with E-state index >= 15 is 0 Å². The van der Waals surface area contributed by atoms with Crippen molar-refractivity contribution in [3.8, 4) is 5.69 Å². The SMILES string of the molecule is CC(Cc1ccc(-n2ccc(N3CCNCC3)nc2=O)cc1)NC1CC2(CC(N)C2)C1.NC=O. The van der Waals surface area contributed by atoms with E-state index in [1.807, 2.05) is 24.4 Å². The van der Waals surface area contributed by atoms with Gasteiger partial charge in [-0.05, 0) is 68.2 Å². The maximum atomic E-state index is 12.6. The average molecular weight is 468 g/mol. The van der Waals surface area contributed by atoms with Crippen molar-refractivity contribution < 1.29 is 4.79 Å². The number of benzene rings is 1. The van der Waals surface area contributed by atoms with E-state index in [2.05, 4.69) is 45.3 Å². The minimum atomic E-state index is -0.228. The van der Waals surface area contributed by atoms with Gasteiger partial charge in [0, 0.05) is 50.5 Å². The standard InChI is InChI=1S/C24H34N6O.CH3NO/c1-17(27-20-15-24(16-20)13-19(25)14-24)12-18-2-4-21(5-3-18)30-9-6-22(28-23(30)31)29-10-7-26-8-11-29;2-1-3/h2-6,9,17,19-20,26-27H,7-8,10-16,25H2,1H3;1H,(H2,2,3). The van der Waals surface area contributed by atoms with Crippen LogP contribution in [-0.2, 0) is 11.2 Å². The summed E-state index contributed by atoms with van der Waals surface area (Å²) in [6, 6.07) is 11.7. The molecular weight excluding hydrogens is 430 g/mol. The van der Waals surface area contributed by atoms with Gasteiger partial charge in [-0.2, -0.15) is 4.98 Å². The highest BCUT2D eigenvalue weighted by atomic mass is 16.1. The van der Waals surface area contributed by atoms with Crippen molar-refractivity contribution in [2.24, 2.45) is 16.9 Å². The summed E-state index contributed by atoms with van der Waals surface area (Å²) < 4.78 is 1.62. The van der Waals surface area contributed by atoms with Gasteiger partial charge in [-0.25, -0.2) is 4.79 Å². The summed E-state index contributed by atoms with van der Waals surface area (Å²) in [5.74, 6) is 0.765. The zero-order valence-electron chi connectivity index (χ0n) is 20.0. The van der Waals surface area contributed by atoms with Crippen LogP contribution < -0.4 is 32.7 Å². The topological polar surface area (TPSA) is 131 Å². The molecule has 184 valence electrons. The lowest BCUT2D eigenvalue weighted by atomic mass is 9.52. The Kier molecular flexibility index (Phi) is 7.65. The number of carbonyl (C=O) groups excluding carboxylic acids is 1. The number of nitrogens with two attached hydrogens (primary N) is 2. The van der Waals surface area contributed by atoms with Gasteiger partial charge < -0.3 is 27.0 Å². The van der Waals surface area contributed by atoms with Crippen molar-refractivity contribution in [2.45, 2.75) is 57.2 Å². The molecule has 2 heterocycles. The Morgan fingerprint density at radius 3 is 2.41 bits per heavy atom. The molecule has 1 atom stereocenters. The van der Waals surface area contributed by atoms with E-state index in [1.54, 1.807) is 4.57 Å². The molecule has 1 spiro atoms. The number of anilines is 1. The van der Waals surface area contributed by atoms with Crippen molar-refractivity contribution >= 4 is 12.2 Å². The molecule has 3 fully saturated rings. The van der Waals surface area contributed by atoms with Crippen molar-refractivity contribution in [3.63, 3.8) is 0 Å². The number of nitrogens with one attached hydrogen (secondary N) is 2. The fourth-order valence-corrected chi connectivity index (χ4v) is 5.76. The van der Waals surface area contributed by atoms with Crippen LogP contribution in [0, 0.1) is 5.41 Å². The van der Waals surface area contributed by atoms with Gasteiger partial charge in [0.2, 0.25) is 6.41 Å². The molecule has 6 N–H and O–H groups in total. The second-order valence-corrected chi connectivity index (χ2v) is 10.0. The molecule has 1 saturated heterocycles. The first-order valence-corrected chi connectivity index (χ1v) is 12.2. The Morgan fingerprint density at radius 1 is 1.18 bits per heavy atom. The van der Waals surface area contributed by atoms with E-state index < -0.39 is 0 Å². The van der Waals surface area contributed by atoms with Gasteiger partial charge in [0.1, 0.15) is 5.82 Å². The van der Waals surface area contributed by atoms with Crippen molar-refractivity contribution in [1.82, 2.24) is 20.2 Å². The van der Waals surface area contributed by atoms with Gasteiger partial charge in [-0.15, -0.1) is 0 Å². The average Bonchev–Trinajstić information content (AvgIpc) is 2.78. The number of piperazine rings is 1. The van der Waals surface area contributed by atoms with E-state index in [9.17, 15) is 4.79 Å². The third-order valence-electron chi connectivity index (χ3n) is 7.26. The number of hydrogen-bond donors (Lipinski definition) is 4. The Balaban J connectivity index is 0.000000868. The molecule has 1 aromatic carbocycles. The first kappa shape index (κ1) is 24.4. The first-order valence-electron chi connectivity index (χ1n) is 12.2. The van der Waals surface area contributed by atoms with Gasteiger partial charge in [0.25, 0.3) is 0 Å². The van der Waals surface area contributed by atoms with Gasteiger partial charge in [0.05, 0.1) is 5.69 Å². The molecule has 3 aliphatic rings. The third-order valence-corrected chi connectivity index (χ3v) is 7.26. The zero-order valence-corrected chi connectivity index (χ0v) is 20.0. The third kappa shape index (κ3) is 5.65. The number of amides is 1. The summed E-state index contributed by atoms with van der Waals surface area (Å²) in [7, 11) is 0. The monoisotopic (exact) mass is 467 g/mol. The molecule has 9 heteroatoms. The molecular formula is C25H37N7O2. The van der Waals surface area contributed by atoms with Gasteiger partial charge >= 0.3 is 5.69 Å². The maximum Gasteiger partial charge on any atom is 0.354 e. The fourth-order valence-electron chi connectivity index (χ4n) is 5.76. The summed E-state index contributed by atoms with van der Waals surface area (Å²) >= 11 is 0. The number of nitrogens with zero attached hydrogens (tertiary/aromatic N) is 3. The second kappa shape index (κ2) is 10.7. The summed E-state index contributed by atoms with van der Waals surface area (Å²) in [5, 5.41) is 7.10. The Bertz CT molecular complexity index is 1000. The Labute approximate surface area is 200 Å². The largest absolute Gasteiger partial charge is 0.372 e. The Morgan fingerprint density at radius 2 is 1.82 bits per heavy atom. The lowest BCUT2D eigenvalue weighted by Crippen LogP contribution is -2.60. The van der Waals surface area contributed by atoms with Crippen LogP contribution in [0.1, 0.15) is 38.2 Å². The highest BCUT2D eigenvalue weighted by Gasteiger charge is 2.51. The number of hydrogen-bond acceptors (Lipinski definition) is 7. The number of carbonyl (C=O) groups is 1. The Hall–Kier alpha value is -2.75. The molecule has 5 rings (SSSR count). The van der Waals surface area contributed by atoms with Gasteiger partial charge in [0.15, 0.2) is 0 Å². The number of primary amides is 1. The van der Waals surface area contributed by atoms with Crippen LogP contribution in [0.15, 0.2) is 41.3 Å². The molecule has 34 heavy (non-hydrogen) atoms. The minimum Gasteiger partial charge on any atom is -0.372 e. The van der Waals surface area contributed by atoms with E-state index in [0.29, 0.717) is 23.5 Å². The quantitative estimate of drug-likeness (QED) is 0.456. The van der Waals surface area contributed by atoms with Crippen LogP contribution >= 0.6 is 0 Å². The van der Waals surface area contributed by atoms with Crippen molar-refractivity contribution in [3.05, 3.63) is 52.6 Å². The van der Waals surface area contributed by atoms with E-state index in [1.165, 1.54) is 31.2 Å². The van der Waals surface area contributed by atoms with Crippen molar-refractivity contribution in [2.75, 3.05) is 31.1 Å². The molecule has 2 aromatic rings. The van der Waals surface area contributed by atoms with Gasteiger partial charge in [-0.1, -0.05) is 12.1 Å². The normalized spacial score (nSPS) is 26.6. The van der Waals surface area contributed by atoms with E-state index in [0.717, 1.165) is 44.1 Å². The van der Waals surface area contributed by atoms with Crippen LogP contribution in [0.2, 0.25) is 0 Å². The molecule has 1 unspecified atom stereocenters. The molecule has 0 bridgehead atoms. The lowest BCUT2D eigenvalue weighted by Gasteiger charge is -2.57. The van der Waals surface area contributed by atoms with E-state index in [-0.39, 0.29) is 12.1 Å². The van der Waals surface area contributed by atoms with E-state index in [4.69, 9.17) is 10.5 Å². The lowest BCUT2D eigenvalue weighted by molar-refractivity contribution is -0.106. The predicted molar refractivity (Wildman–Crippen MR) is 134 cm³/mol. The molecule has 1 amide bonds. The summed E-state index contributed by atoms with van der Waals surface area (Å²) in [5.41, 5.74) is 12.6. The summed E-state index contributed by atoms with van der Waals surface area (Å²) in [6.45, 7) is 5.87. The highest BCUT2D eigenvalue weighted by molar-refractivity contribution is 5.42. The highest BCUT2D eigenvalue weighted by Crippen LogP contribution is 2.55. The second-order valence-electron chi connectivity index (χ2n) is 10.0. The summed E-state index contributed by atoms with van der Waals surface area (Å²) in [4.78, 5) is 27.6. The summed E-state index contributed by atoms with van der Waals surface area (Å²) in [6.07, 6.45) is 8.06. The zero-order chi connectivity index (χ0) is 24.1. The van der Waals surface area contributed by atoms with Crippen LogP contribution in [-0.4, -0.2) is 60.3 Å². The van der Waals surface area contributed by atoms with Crippen LogP contribution in [0.4, 0.5) is 5.82 Å². The molecule has 2 aliphatic carbocycles. The minimum absolute atomic E-state index is 0.228. The fraction of sp³-hybridized carbons (Fsp3) is 0.560. The molecule has 1 aliphatic heterocycles. The molecule has 1 aromatic heterocycles. The maximum absolute atomic E-state index is 12.6. The number of aromatic nitrogens is 2. The van der Waals surface area contributed by atoms with Crippen LogP contribution in [0.25, 0.3) is 5.69 Å². The van der Waals surface area contributed by atoms with Crippen LogP contribution in [0.5, 0.6) is 0 Å². The molecule has 2 saturated carbocycles. The van der Waals surface area contributed by atoms with Crippen LogP contribution in [0.3, 0.4) is 0 Å². The van der Waals surface area contributed by atoms with Crippen molar-refractivity contribution in [1.29, 1.82) is 0 Å².